The summed E-state index contributed by atoms with van der Waals surface area (Å²) in [6.07, 6.45) is 2.18. The van der Waals surface area contributed by atoms with Crippen LogP contribution in [0.4, 0.5) is 0 Å². The van der Waals surface area contributed by atoms with Gasteiger partial charge in [0.1, 0.15) is 5.75 Å². The van der Waals surface area contributed by atoms with E-state index in [9.17, 15) is 4.79 Å². The lowest BCUT2D eigenvalue weighted by Crippen LogP contribution is -2.32. The highest BCUT2D eigenvalue weighted by atomic mass is 79.9. The maximum Gasteiger partial charge on any atom is 0.251 e. The first-order chi connectivity index (χ1) is 9.02. The molecule has 1 unspecified atom stereocenters. The number of benzene rings is 1. The number of halogens is 1. The largest absolute Gasteiger partial charge is 0.491 e. The van der Waals surface area contributed by atoms with Gasteiger partial charge in [-0.05, 0) is 57.9 Å². The summed E-state index contributed by atoms with van der Waals surface area (Å²) in [6, 6.07) is 7.45. The molecular formula is C15H22BrNO2. The van der Waals surface area contributed by atoms with Crippen molar-refractivity contribution in [2.24, 2.45) is 0 Å². The Morgan fingerprint density at radius 1 is 1.26 bits per heavy atom. The summed E-state index contributed by atoms with van der Waals surface area (Å²) in [7, 11) is 0. The number of carbonyl (C=O) groups excluding carboxylic acids is 1. The zero-order valence-corrected chi connectivity index (χ0v) is 13.4. The Hall–Kier alpha value is -1.03. The topological polar surface area (TPSA) is 38.3 Å². The molecule has 1 N–H and O–H groups in total. The van der Waals surface area contributed by atoms with E-state index in [1.807, 2.05) is 32.9 Å². The Labute approximate surface area is 123 Å². The Morgan fingerprint density at radius 2 is 1.89 bits per heavy atom. The van der Waals surface area contributed by atoms with E-state index in [2.05, 4.69) is 21.2 Å². The molecule has 1 rings (SSSR count). The van der Waals surface area contributed by atoms with Gasteiger partial charge in [0.25, 0.3) is 5.91 Å². The first-order valence-corrected chi connectivity index (χ1v) is 7.78. The molecule has 0 bridgehead atoms. The molecule has 0 saturated carbocycles. The van der Waals surface area contributed by atoms with Crippen molar-refractivity contribution in [2.45, 2.75) is 45.8 Å². The fourth-order valence-corrected chi connectivity index (χ4v) is 2.04. The average Bonchev–Trinajstić information content (AvgIpc) is 2.36. The second-order valence-electron chi connectivity index (χ2n) is 4.90. The molecule has 19 heavy (non-hydrogen) atoms. The Bertz CT molecular complexity index is 390. The quantitative estimate of drug-likeness (QED) is 0.774. The van der Waals surface area contributed by atoms with Crippen LogP contribution in [0.2, 0.25) is 0 Å². The second-order valence-corrected chi connectivity index (χ2v) is 5.69. The summed E-state index contributed by atoms with van der Waals surface area (Å²) in [6.45, 7) is 5.98. The molecule has 0 aliphatic heterocycles. The standard InChI is InChI=1S/C15H22BrNO2/c1-11(2)19-14-8-6-13(7-9-14)15(18)17-12(3)5-4-10-16/h6-9,11-12H,4-5,10H2,1-3H3,(H,17,18). The molecule has 0 heterocycles. The van der Waals surface area contributed by atoms with Crippen molar-refractivity contribution in [3.05, 3.63) is 29.8 Å². The van der Waals surface area contributed by atoms with Crippen molar-refractivity contribution in [3.63, 3.8) is 0 Å². The molecule has 1 atom stereocenters. The molecule has 4 heteroatoms. The summed E-state index contributed by atoms with van der Waals surface area (Å²) >= 11 is 3.39. The monoisotopic (exact) mass is 327 g/mol. The second kappa shape index (κ2) is 8.20. The fraction of sp³-hybridized carbons (Fsp3) is 0.533. The van der Waals surface area contributed by atoms with E-state index in [0.717, 1.165) is 23.9 Å². The number of nitrogens with one attached hydrogen (secondary N) is 1. The van der Waals surface area contributed by atoms with E-state index in [4.69, 9.17) is 4.74 Å². The summed E-state index contributed by atoms with van der Waals surface area (Å²) in [4.78, 5) is 12.0. The van der Waals surface area contributed by atoms with Crippen molar-refractivity contribution in [2.75, 3.05) is 5.33 Å². The number of carbonyl (C=O) groups is 1. The van der Waals surface area contributed by atoms with Gasteiger partial charge in [-0.2, -0.15) is 0 Å². The Morgan fingerprint density at radius 3 is 2.42 bits per heavy atom. The van der Waals surface area contributed by atoms with Crippen LogP contribution in [0.15, 0.2) is 24.3 Å². The smallest absolute Gasteiger partial charge is 0.251 e. The number of hydrogen-bond donors (Lipinski definition) is 1. The minimum absolute atomic E-state index is 0.0295. The fourth-order valence-electron chi connectivity index (χ4n) is 1.72. The molecule has 1 amide bonds. The highest BCUT2D eigenvalue weighted by Gasteiger charge is 2.09. The van der Waals surface area contributed by atoms with Crippen molar-refractivity contribution in [1.82, 2.24) is 5.32 Å². The molecule has 0 fully saturated rings. The lowest BCUT2D eigenvalue weighted by molar-refractivity contribution is 0.0938. The lowest BCUT2D eigenvalue weighted by Gasteiger charge is -2.14. The first-order valence-electron chi connectivity index (χ1n) is 6.66. The van der Waals surface area contributed by atoms with Gasteiger partial charge >= 0.3 is 0 Å². The van der Waals surface area contributed by atoms with Gasteiger partial charge in [0.2, 0.25) is 0 Å². The molecule has 106 valence electrons. The van der Waals surface area contributed by atoms with Crippen LogP contribution in [-0.2, 0) is 0 Å². The zero-order chi connectivity index (χ0) is 14.3. The van der Waals surface area contributed by atoms with E-state index < -0.39 is 0 Å². The predicted octanol–water partition coefficient (Wildman–Crippen LogP) is 3.77. The van der Waals surface area contributed by atoms with Crippen LogP contribution in [0.5, 0.6) is 5.75 Å². The summed E-state index contributed by atoms with van der Waals surface area (Å²) < 4.78 is 5.55. The molecule has 1 aromatic carbocycles. The van der Waals surface area contributed by atoms with Crippen LogP contribution in [0.1, 0.15) is 44.0 Å². The van der Waals surface area contributed by atoms with Crippen molar-refractivity contribution >= 4 is 21.8 Å². The maximum absolute atomic E-state index is 12.0. The average molecular weight is 328 g/mol. The SMILES string of the molecule is CC(CCCBr)NC(=O)c1ccc(OC(C)C)cc1. The third kappa shape index (κ3) is 6.10. The third-order valence-corrected chi connectivity index (χ3v) is 3.20. The highest BCUT2D eigenvalue weighted by Crippen LogP contribution is 2.14. The Kier molecular flexibility index (Phi) is 6.92. The molecule has 1 aromatic rings. The molecule has 0 radical (unpaired) electrons. The van der Waals surface area contributed by atoms with Crippen LogP contribution < -0.4 is 10.1 Å². The van der Waals surface area contributed by atoms with E-state index in [0.29, 0.717) is 5.56 Å². The third-order valence-electron chi connectivity index (χ3n) is 2.64. The van der Waals surface area contributed by atoms with Gasteiger partial charge in [0.15, 0.2) is 0 Å². The minimum Gasteiger partial charge on any atom is -0.491 e. The van der Waals surface area contributed by atoms with Crippen molar-refractivity contribution in [1.29, 1.82) is 0 Å². The van der Waals surface area contributed by atoms with Crippen LogP contribution in [-0.4, -0.2) is 23.4 Å². The Balaban J connectivity index is 2.53. The molecule has 0 spiro atoms. The zero-order valence-electron chi connectivity index (χ0n) is 11.8. The minimum atomic E-state index is -0.0295. The van der Waals surface area contributed by atoms with E-state index in [1.165, 1.54) is 0 Å². The number of hydrogen-bond acceptors (Lipinski definition) is 2. The van der Waals surface area contributed by atoms with Crippen LogP contribution in [0, 0.1) is 0 Å². The lowest BCUT2D eigenvalue weighted by atomic mass is 10.1. The predicted molar refractivity (Wildman–Crippen MR) is 82.2 cm³/mol. The van der Waals surface area contributed by atoms with Crippen molar-refractivity contribution in [3.8, 4) is 5.75 Å². The number of rotatable bonds is 7. The van der Waals surface area contributed by atoms with Gasteiger partial charge in [0, 0.05) is 16.9 Å². The first kappa shape index (κ1) is 16.0. The summed E-state index contributed by atoms with van der Waals surface area (Å²) in [5, 5.41) is 3.96. The van der Waals surface area contributed by atoms with E-state index >= 15 is 0 Å². The van der Waals surface area contributed by atoms with Crippen LogP contribution in [0.25, 0.3) is 0 Å². The van der Waals surface area contributed by atoms with Gasteiger partial charge in [0.05, 0.1) is 6.10 Å². The van der Waals surface area contributed by atoms with Gasteiger partial charge < -0.3 is 10.1 Å². The van der Waals surface area contributed by atoms with Gasteiger partial charge in [-0.1, -0.05) is 15.9 Å². The van der Waals surface area contributed by atoms with Gasteiger partial charge in [-0.3, -0.25) is 4.79 Å². The molecule has 0 aliphatic rings. The summed E-state index contributed by atoms with van der Waals surface area (Å²) in [5.74, 6) is 0.761. The van der Waals surface area contributed by atoms with Crippen LogP contribution in [0.3, 0.4) is 0 Å². The van der Waals surface area contributed by atoms with Gasteiger partial charge in [-0.25, -0.2) is 0 Å². The number of ether oxygens (including phenoxy) is 1. The normalized spacial score (nSPS) is 12.3. The molecule has 0 aliphatic carbocycles. The molecule has 3 nitrogen and oxygen atoms in total. The molecule has 0 aromatic heterocycles. The van der Waals surface area contributed by atoms with Gasteiger partial charge in [-0.15, -0.1) is 0 Å². The van der Waals surface area contributed by atoms with E-state index in [-0.39, 0.29) is 18.1 Å². The number of alkyl halides is 1. The molecule has 0 saturated heterocycles. The maximum atomic E-state index is 12.0. The van der Waals surface area contributed by atoms with Crippen molar-refractivity contribution < 1.29 is 9.53 Å². The molecular weight excluding hydrogens is 306 g/mol. The van der Waals surface area contributed by atoms with E-state index in [1.54, 1.807) is 12.1 Å². The van der Waals surface area contributed by atoms with Crippen LogP contribution >= 0.6 is 15.9 Å². The number of amides is 1. The highest BCUT2D eigenvalue weighted by molar-refractivity contribution is 9.09. The summed E-state index contributed by atoms with van der Waals surface area (Å²) in [5.41, 5.74) is 0.668.